The average molecular weight is 385 g/mol. The Morgan fingerprint density at radius 3 is 1.48 bits per heavy atom. The lowest BCUT2D eigenvalue weighted by Gasteiger charge is -2.48. The first-order chi connectivity index (χ1) is 14.4. The third-order valence-electron chi connectivity index (χ3n) is 6.48. The van der Waals surface area contributed by atoms with Gasteiger partial charge in [-0.3, -0.25) is 4.90 Å². The largest absolute Gasteiger partial charge is 0.330 e. The Kier molecular flexibility index (Phi) is 6.43. The van der Waals surface area contributed by atoms with Crippen LogP contribution in [-0.2, 0) is 5.54 Å². The van der Waals surface area contributed by atoms with Crippen molar-refractivity contribution in [3.63, 3.8) is 0 Å². The molecular formula is C27H32N2. The van der Waals surface area contributed by atoms with Crippen molar-refractivity contribution in [3.8, 4) is 0 Å². The highest BCUT2D eigenvalue weighted by atomic mass is 15.2. The second-order valence-electron chi connectivity index (χ2n) is 8.17. The fourth-order valence-corrected chi connectivity index (χ4v) is 5.05. The summed E-state index contributed by atoms with van der Waals surface area (Å²) in [4.78, 5) is 2.71. The van der Waals surface area contributed by atoms with Crippen LogP contribution in [0.25, 0.3) is 0 Å². The summed E-state index contributed by atoms with van der Waals surface area (Å²) in [6, 6.07) is 33.1. The van der Waals surface area contributed by atoms with Crippen LogP contribution >= 0.6 is 0 Å². The normalized spacial score (nSPS) is 16.0. The van der Waals surface area contributed by atoms with E-state index in [1.165, 1.54) is 36.0 Å². The van der Waals surface area contributed by atoms with Gasteiger partial charge in [0.1, 0.15) is 0 Å². The highest BCUT2D eigenvalue weighted by Gasteiger charge is 2.43. The molecule has 0 radical (unpaired) electrons. The number of hydrogen-bond acceptors (Lipinski definition) is 2. The van der Waals surface area contributed by atoms with Gasteiger partial charge >= 0.3 is 0 Å². The molecule has 0 aliphatic carbocycles. The fraction of sp³-hybridized carbons (Fsp3) is 0.333. The van der Waals surface area contributed by atoms with E-state index < -0.39 is 0 Å². The van der Waals surface area contributed by atoms with Crippen LogP contribution in [-0.4, -0.2) is 24.5 Å². The van der Waals surface area contributed by atoms with Crippen LogP contribution in [0.15, 0.2) is 91.0 Å². The molecule has 0 amide bonds. The van der Waals surface area contributed by atoms with E-state index in [0.29, 0.717) is 0 Å². The highest BCUT2D eigenvalue weighted by molar-refractivity contribution is 5.49. The van der Waals surface area contributed by atoms with Crippen molar-refractivity contribution in [2.24, 2.45) is 11.7 Å². The fourth-order valence-electron chi connectivity index (χ4n) is 5.05. The number of likely N-dealkylation sites (tertiary alicyclic amines) is 1. The van der Waals surface area contributed by atoms with Crippen LogP contribution < -0.4 is 5.73 Å². The number of nitrogens with two attached hydrogens (primary N) is 1. The van der Waals surface area contributed by atoms with Gasteiger partial charge < -0.3 is 5.73 Å². The molecule has 2 nitrogen and oxygen atoms in total. The Morgan fingerprint density at radius 2 is 1.10 bits per heavy atom. The molecule has 0 unspecified atom stereocenters. The number of benzene rings is 3. The maximum absolute atomic E-state index is 5.76. The van der Waals surface area contributed by atoms with Crippen LogP contribution in [0.4, 0.5) is 0 Å². The van der Waals surface area contributed by atoms with Crippen molar-refractivity contribution in [3.05, 3.63) is 108 Å². The van der Waals surface area contributed by atoms with Crippen LogP contribution in [0.3, 0.4) is 0 Å². The molecule has 3 aromatic rings. The van der Waals surface area contributed by atoms with Gasteiger partial charge in [0.2, 0.25) is 0 Å². The first-order valence-electron chi connectivity index (χ1n) is 11.0. The molecule has 0 bridgehead atoms. The Labute approximate surface area is 175 Å². The van der Waals surface area contributed by atoms with Gasteiger partial charge in [0, 0.05) is 0 Å². The summed E-state index contributed by atoms with van der Waals surface area (Å²) in [6.45, 7) is 3.02. The number of piperidine rings is 1. The van der Waals surface area contributed by atoms with Crippen LogP contribution in [0.5, 0.6) is 0 Å². The molecule has 0 spiro atoms. The van der Waals surface area contributed by atoms with Gasteiger partial charge in [-0.1, -0.05) is 91.0 Å². The Bertz CT molecular complexity index is 756. The topological polar surface area (TPSA) is 29.3 Å². The summed E-state index contributed by atoms with van der Waals surface area (Å²) in [5.74, 6) is 0.801. The van der Waals surface area contributed by atoms with E-state index in [2.05, 4.69) is 95.9 Å². The predicted molar refractivity (Wildman–Crippen MR) is 122 cm³/mol. The maximum atomic E-state index is 5.76. The van der Waals surface area contributed by atoms with E-state index in [0.717, 1.165) is 32.0 Å². The van der Waals surface area contributed by atoms with E-state index in [1.807, 2.05) is 0 Å². The number of hydrogen-bond donors (Lipinski definition) is 1. The minimum absolute atomic E-state index is 0.261. The predicted octanol–water partition coefficient (Wildman–Crippen LogP) is 5.43. The quantitative estimate of drug-likeness (QED) is 0.550. The van der Waals surface area contributed by atoms with Crippen LogP contribution in [0.2, 0.25) is 0 Å². The molecule has 1 aliphatic heterocycles. The zero-order chi connectivity index (χ0) is 19.9. The van der Waals surface area contributed by atoms with Crippen molar-refractivity contribution in [2.75, 3.05) is 19.6 Å². The summed E-state index contributed by atoms with van der Waals surface area (Å²) >= 11 is 0. The second-order valence-corrected chi connectivity index (χ2v) is 8.17. The number of rotatable bonds is 7. The summed E-state index contributed by atoms with van der Waals surface area (Å²) in [5.41, 5.74) is 9.53. The summed E-state index contributed by atoms with van der Waals surface area (Å²) in [6.07, 6.45) is 4.90. The molecule has 0 atom stereocenters. The minimum atomic E-state index is -0.261. The first-order valence-corrected chi connectivity index (χ1v) is 11.0. The summed E-state index contributed by atoms with van der Waals surface area (Å²) in [5, 5.41) is 0. The van der Waals surface area contributed by atoms with E-state index in [9.17, 15) is 0 Å². The Balaban J connectivity index is 1.81. The second kappa shape index (κ2) is 9.39. The third-order valence-corrected chi connectivity index (χ3v) is 6.48. The molecule has 2 heteroatoms. The van der Waals surface area contributed by atoms with Crippen molar-refractivity contribution in [1.29, 1.82) is 0 Å². The standard InChI is InChI=1S/C27H32N2/c28-20-10-11-23-18-21-29(22-19-23)27(24-12-4-1-5-13-24,25-14-6-2-7-15-25)26-16-8-3-9-17-26/h1-9,12-17,23H,10-11,18-22,28H2. The third kappa shape index (κ3) is 4.01. The molecule has 3 aromatic carbocycles. The van der Waals surface area contributed by atoms with Gasteiger partial charge in [0.25, 0.3) is 0 Å². The van der Waals surface area contributed by atoms with E-state index in [1.54, 1.807) is 0 Å². The molecule has 1 saturated heterocycles. The van der Waals surface area contributed by atoms with Crippen molar-refractivity contribution in [2.45, 2.75) is 31.2 Å². The summed E-state index contributed by atoms with van der Waals surface area (Å²) in [7, 11) is 0. The monoisotopic (exact) mass is 384 g/mol. The van der Waals surface area contributed by atoms with Crippen molar-refractivity contribution < 1.29 is 0 Å². The van der Waals surface area contributed by atoms with Crippen molar-refractivity contribution >= 4 is 0 Å². The van der Waals surface area contributed by atoms with E-state index in [-0.39, 0.29) is 5.54 Å². The molecule has 4 rings (SSSR count). The highest BCUT2D eigenvalue weighted by Crippen LogP contribution is 2.44. The minimum Gasteiger partial charge on any atom is -0.330 e. The Morgan fingerprint density at radius 1 is 0.690 bits per heavy atom. The molecule has 1 heterocycles. The lowest BCUT2D eigenvalue weighted by atomic mass is 9.74. The summed E-state index contributed by atoms with van der Waals surface area (Å²) < 4.78 is 0. The number of nitrogens with zero attached hydrogens (tertiary/aromatic N) is 1. The lowest BCUT2D eigenvalue weighted by Crippen LogP contribution is -2.51. The SMILES string of the molecule is NCCCC1CCN(C(c2ccccc2)(c2ccccc2)c2ccccc2)CC1. The average Bonchev–Trinajstić information content (AvgIpc) is 2.81. The molecule has 29 heavy (non-hydrogen) atoms. The molecule has 150 valence electrons. The molecule has 0 aromatic heterocycles. The molecule has 1 aliphatic rings. The van der Waals surface area contributed by atoms with Crippen LogP contribution in [0.1, 0.15) is 42.4 Å². The van der Waals surface area contributed by atoms with E-state index >= 15 is 0 Å². The van der Waals surface area contributed by atoms with Gasteiger partial charge in [-0.25, -0.2) is 0 Å². The zero-order valence-corrected chi connectivity index (χ0v) is 17.2. The van der Waals surface area contributed by atoms with Gasteiger partial charge in [0.05, 0.1) is 5.54 Å². The van der Waals surface area contributed by atoms with Gasteiger partial charge in [-0.2, -0.15) is 0 Å². The van der Waals surface area contributed by atoms with Gasteiger partial charge in [-0.15, -0.1) is 0 Å². The molecular weight excluding hydrogens is 352 g/mol. The zero-order valence-electron chi connectivity index (χ0n) is 17.2. The van der Waals surface area contributed by atoms with Crippen molar-refractivity contribution in [1.82, 2.24) is 4.90 Å². The first kappa shape index (κ1) is 19.9. The molecule has 0 saturated carbocycles. The molecule has 2 N–H and O–H groups in total. The van der Waals surface area contributed by atoms with Crippen LogP contribution in [0, 0.1) is 5.92 Å². The molecule has 1 fully saturated rings. The van der Waals surface area contributed by atoms with Gasteiger partial charge in [0.15, 0.2) is 0 Å². The lowest BCUT2D eigenvalue weighted by molar-refractivity contribution is 0.0987. The Hall–Kier alpha value is -2.42. The van der Waals surface area contributed by atoms with Gasteiger partial charge in [-0.05, 0) is 67.9 Å². The maximum Gasteiger partial charge on any atom is 0.0972 e. The van der Waals surface area contributed by atoms with E-state index in [4.69, 9.17) is 5.73 Å². The smallest absolute Gasteiger partial charge is 0.0972 e.